The second kappa shape index (κ2) is 13.3. The van der Waals surface area contributed by atoms with Gasteiger partial charge in [-0.25, -0.2) is 9.59 Å². The highest BCUT2D eigenvalue weighted by molar-refractivity contribution is 6.77. The summed E-state index contributed by atoms with van der Waals surface area (Å²) in [5.41, 5.74) is 3.39. The van der Waals surface area contributed by atoms with E-state index in [1.807, 2.05) is 37.3 Å². The molecule has 212 valence electrons. The summed E-state index contributed by atoms with van der Waals surface area (Å²) in [6.45, 7) is 15.5. The lowest BCUT2D eigenvalue weighted by Gasteiger charge is -2.42. The number of benzene rings is 2. The zero-order valence-electron chi connectivity index (χ0n) is 24.2. The fourth-order valence-electron chi connectivity index (χ4n) is 5.77. The van der Waals surface area contributed by atoms with Gasteiger partial charge in [0, 0.05) is 12.2 Å². The van der Waals surface area contributed by atoms with Crippen LogP contribution in [0.2, 0.25) is 16.6 Å². The molecule has 2 aromatic carbocycles. The van der Waals surface area contributed by atoms with Crippen LogP contribution < -0.4 is 15.0 Å². The number of esters is 1. The van der Waals surface area contributed by atoms with E-state index in [9.17, 15) is 14.4 Å². The van der Waals surface area contributed by atoms with Crippen molar-refractivity contribution in [1.29, 1.82) is 0 Å². The molecule has 0 aromatic heterocycles. The Labute approximate surface area is 233 Å². The fraction of sp³-hybridized carbons (Fsp3) is 0.500. The van der Waals surface area contributed by atoms with Gasteiger partial charge in [0.2, 0.25) is 5.91 Å². The minimum absolute atomic E-state index is 0.00631. The standard InChI is InChI=1S/C30H42N2O6Si/c1-8-32-27-15-14-25(16-24(27)17-28(32)33)38-30(35)31-26(29(34)36-18-23-12-10-9-11-13-23)19-37-39(20(2)3,21(4)5)22(6)7/h9-16,20-22,26H,8,17-19H2,1-7H3,(H,31,35)/t26-/m0/s1. The Hall–Kier alpha value is -3.17. The van der Waals surface area contributed by atoms with Crippen molar-refractivity contribution in [2.45, 2.75) is 84.2 Å². The number of fused-ring (bicyclic) bond motifs is 1. The Balaban J connectivity index is 1.75. The predicted molar refractivity (Wildman–Crippen MR) is 154 cm³/mol. The van der Waals surface area contributed by atoms with Crippen molar-refractivity contribution in [2.24, 2.45) is 0 Å². The molecule has 0 saturated heterocycles. The lowest BCUT2D eigenvalue weighted by atomic mass is 10.1. The molecule has 39 heavy (non-hydrogen) atoms. The number of hydrogen-bond acceptors (Lipinski definition) is 6. The Bertz CT molecular complexity index is 1130. The quantitative estimate of drug-likeness (QED) is 0.256. The molecule has 0 aliphatic carbocycles. The number of ether oxygens (including phenoxy) is 2. The second-order valence-corrected chi connectivity index (χ2v) is 16.4. The van der Waals surface area contributed by atoms with Gasteiger partial charge in [-0.05, 0) is 52.9 Å². The molecular weight excluding hydrogens is 512 g/mol. The number of rotatable bonds is 12. The number of carbonyl (C=O) groups excluding carboxylic acids is 3. The zero-order chi connectivity index (χ0) is 28.7. The summed E-state index contributed by atoms with van der Waals surface area (Å²) in [6, 6.07) is 13.4. The minimum atomic E-state index is -2.31. The molecule has 0 bridgehead atoms. The van der Waals surface area contributed by atoms with Crippen molar-refractivity contribution in [2.75, 3.05) is 18.1 Å². The number of amides is 2. The van der Waals surface area contributed by atoms with Crippen LogP contribution in [0.15, 0.2) is 48.5 Å². The Morgan fingerprint density at radius 3 is 2.21 bits per heavy atom. The Morgan fingerprint density at radius 1 is 0.974 bits per heavy atom. The van der Waals surface area contributed by atoms with Gasteiger partial charge in [0.15, 0.2) is 14.4 Å². The molecule has 1 aliphatic rings. The molecule has 1 N–H and O–H groups in total. The van der Waals surface area contributed by atoms with E-state index in [0.717, 1.165) is 16.8 Å². The highest BCUT2D eigenvalue weighted by atomic mass is 28.4. The van der Waals surface area contributed by atoms with Crippen molar-refractivity contribution in [3.63, 3.8) is 0 Å². The van der Waals surface area contributed by atoms with Gasteiger partial charge in [0.25, 0.3) is 0 Å². The molecule has 0 unspecified atom stereocenters. The van der Waals surface area contributed by atoms with Gasteiger partial charge in [0.1, 0.15) is 12.4 Å². The molecule has 2 amide bonds. The minimum Gasteiger partial charge on any atom is -0.459 e. The van der Waals surface area contributed by atoms with Crippen LogP contribution in [0.3, 0.4) is 0 Å². The molecule has 0 spiro atoms. The van der Waals surface area contributed by atoms with Crippen molar-refractivity contribution in [1.82, 2.24) is 5.32 Å². The molecule has 9 heteroatoms. The average molecular weight is 555 g/mol. The molecule has 0 fully saturated rings. The maximum Gasteiger partial charge on any atom is 0.413 e. The smallest absolute Gasteiger partial charge is 0.413 e. The maximum atomic E-state index is 13.2. The zero-order valence-corrected chi connectivity index (χ0v) is 25.2. The van der Waals surface area contributed by atoms with Gasteiger partial charge in [-0.3, -0.25) is 4.79 Å². The molecule has 0 radical (unpaired) electrons. The SMILES string of the molecule is CCN1C(=O)Cc2cc(OC(=O)N[C@@H](CO[Si](C(C)C)(C(C)C)C(C)C)C(=O)OCc3ccccc3)ccc21. The third-order valence-electron chi connectivity index (χ3n) is 7.52. The van der Waals surface area contributed by atoms with Crippen LogP contribution in [0.4, 0.5) is 10.5 Å². The van der Waals surface area contributed by atoms with E-state index in [1.165, 1.54) is 0 Å². The molecule has 8 nitrogen and oxygen atoms in total. The summed E-state index contributed by atoms with van der Waals surface area (Å²) in [5.74, 6) is -0.279. The van der Waals surface area contributed by atoms with Crippen LogP contribution in [0.25, 0.3) is 0 Å². The lowest BCUT2D eigenvalue weighted by molar-refractivity contribution is -0.148. The topological polar surface area (TPSA) is 94.2 Å². The number of anilines is 1. The van der Waals surface area contributed by atoms with E-state index in [0.29, 0.717) is 28.9 Å². The second-order valence-electron chi connectivity index (χ2n) is 10.9. The van der Waals surface area contributed by atoms with E-state index in [4.69, 9.17) is 13.9 Å². The van der Waals surface area contributed by atoms with Crippen molar-refractivity contribution in [3.8, 4) is 5.75 Å². The maximum absolute atomic E-state index is 13.2. The van der Waals surface area contributed by atoms with Gasteiger partial charge < -0.3 is 24.1 Å². The number of nitrogens with zero attached hydrogens (tertiary/aromatic N) is 1. The normalized spacial score (nSPS) is 14.1. The third kappa shape index (κ3) is 7.08. The summed E-state index contributed by atoms with van der Waals surface area (Å²) >= 11 is 0. The van der Waals surface area contributed by atoms with Gasteiger partial charge in [0.05, 0.1) is 13.0 Å². The summed E-state index contributed by atoms with van der Waals surface area (Å²) in [6.07, 6.45) is -0.529. The van der Waals surface area contributed by atoms with Crippen LogP contribution in [-0.2, 0) is 31.8 Å². The van der Waals surface area contributed by atoms with Crippen LogP contribution in [0, 0.1) is 0 Å². The molecule has 1 heterocycles. The van der Waals surface area contributed by atoms with Crippen LogP contribution >= 0.6 is 0 Å². The van der Waals surface area contributed by atoms with E-state index < -0.39 is 26.4 Å². The van der Waals surface area contributed by atoms with Crippen LogP contribution in [0.1, 0.15) is 59.6 Å². The lowest BCUT2D eigenvalue weighted by Crippen LogP contribution is -2.53. The number of carbonyl (C=O) groups is 3. The summed E-state index contributed by atoms with van der Waals surface area (Å²) in [5, 5.41) is 2.67. The summed E-state index contributed by atoms with van der Waals surface area (Å²) in [4.78, 5) is 40.1. The van der Waals surface area contributed by atoms with Crippen LogP contribution in [-0.4, -0.2) is 45.5 Å². The summed E-state index contributed by atoms with van der Waals surface area (Å²) in [7, 11) is -2.31. The van der Waals surface area contributed by atoms with E-state index in [1.54, 1.807) is 23.1 Å². The fourth-order valence-corrected chi connectivity index (χ4v) is 11.2. The van der Waals surface area contributed by atoms with Crippen molar-refractivity contribution >= 4 is 32.0 Å². The molecule has 1 atom stereocenters. The van der Waals surface area contributed by atoms with Gasteiger partial charge in [-0.15, -0.1) is 0 Å². The van der Waals surface area contributed by atoms with Crippen molar-refractivity contribution < 1.29 is 28.3 Å². The number of likely N-dealkylation sites (N-methyl/N-ethyl adjacent to an activating group) is 1. The molecule has 1 aliphatic heterocycles. The first-order valence-electron chi connectivity index (χ1n) is 13.8. The van der Waals surface area contributed by atoms with E-state index in [2.05, 4.69) is 46.9 Å². The molecule has 3 rings (SSSR count). The summed E-state index contributed by atoms with van der Waals surface area (Å²) < 4.78 is 17.7. The first kappa shape index (κ1) is 30.4. The number of hydrogen-bond donors (Lipinski definition) is 1. The highest BCUT2D eigenvalue weighted by Gasteiger charge is 2.46. The van der Waals surface area contributed by atoms with Gasteiger partial charge in [-0.1, -0.05) is 71.9 Å². The van der Waals surface area contributed by atoms with Crippen LogP contribution in [0.5, 0.6) is 5.75 Å². The highest BCUT2D eigenvalue weighted by Crippen LogP contribution is 2.42. The predicted octanol–water partition coefficient (Wildman–Crippen LogP) is 5.99. The monoisotopic (exact) mass is 554 g/mol. The van der Waals surface area contributed by atoms with E-state index in [-0.39, 0.29) is 25.5 Å². The van der Waals surface area contributed by atoms with E-state index >= 15 is 0 Å². The van der Waals surface area contributed by atoms with Gasteiger partial charge >= 0.3 is 12.1 Å². The average Bonchev–Trinajstić information content (AvgIpc) is 3.20. The van der Waals surface area contributed by atoms with Crippen molar-refractivity contribution in [3.05, 3.63) is 59.7 Å². The molecule has 2 aromatic rings. The molecule has 0 saturated carbocycles. The Morgan fingerprint density at radius 2 is 1.62 bits per heavy atom. The number of nitrogens with one attached hydrogen (secondary N) is 1. The van der Waals surface area contributed by atoms with Gasteiger partial charge in [-0.2, -0.15) is 0 Å². The molecular formula is C30H42N2O6Si. The first-order chi connectivity index (χ1) is 18.5. The third-order valence-corrected chi connectivity index (χ3v) is 13.6. The Kier molecular flexibility index (Phi) is 10.3. The largest absolute Gasteiger partial charge is 0.459 e. The first-order valence-corrected chi connectivity index (χ1v) is 15.9.